The molecule has 0 aromatic rings. The topological polar surface area (TPSA) is 58.2 Å². The molecule has 5 heteroatoms. The lowest BCUT2D eigenvalue weighted by Crippen LogP contribution is -2.43. The van der Waals surface area contributed by atoms with Gasteiger partial charge < -0.3 is 10.6 Å². The third-order valence-corrected chi connectivity index (χ3v) is 3.93. The van der Waals surface area contributed by atoms with Gasteiger partial charge in [0.05, 0.1) is 0 Å². The lowest BCUT2D eigenvalue weighted by Gasteiger charge is -2.37. The van der Waals surface area contributed by atoms with Crippen LogP contribution in [0.15, 0.2) is 0 Å². The van der Waals surface area contributed by atoms with Crippen LogP contribution in [-0.4, -0.2) is 30.8 Å². The predicted molar refractivity (Wildman–Crippen MR) is 72.5 cm³/mol. The second kappa shape index (κ2) is 6.98. The summed E-state index contributed by atoms with van der Waals surface area (Å²) in [5, 5.41) is 5.02. The van der Waals surface area contributed by atoms with Crippen LogP contribution in [0.1, 0.15) is 45.4 Å². The molecule has 2 amide bonds. The number of nitrogens with one attached hydrogen (secondary N) is 2. The standard InChI is InChI=1S/C13H23ClN2O2/c1-10(14)12(18)16-9-13(8-11(17)15-2)6-4-3-5-7-13/h10H,3-9H2,1-2H3,(H,15,17)(H,16,18). The van der Waals surface area contributed by atoms with Crippen LogP contribution < -0.4 is 10.6 Å². The van der Waals surface area contributed by atoms with Crippen molar-refractivity contribution in [2.24, 2.45) is 5.41 Å². The molecule has 1 fully saturated rings. The number of amides is 2. The third kappa shape index (κ3) is 4.48. The fourth-order valence-corrected chi connectivity index (χ4v) is 2.64. The second-order valence-electron chi connectivity index (χ2n) is 5.24. The summed E-state index contributed by atoms with van der Waals surface area (Å²) in [7, 11) is 1.65. The van der Waals surface area contributed by atoms with Gasteiger partial charge in [0, 0.05) is 20.0 Å². The van der Waals surface area contributed by atoms with E-state index in [2.05, 4.69) is 10.6 Å². The molecule has 1 saturated carbocycles. The SMILES string of the molecule is CNC(=O)CC1(CNC(=O)C(C)Cl)CCCCC1. The first-order valence-corrected chi connectivity index (χ1v) is 7.05. The van der Waals surface area contributed by atoms with Gasteiger partial charge in [-0.25, -0.2) is 0 Å². The number of rotatable bonds is 5. The fourth-order valence-electron chi connectivity index (χ4n) is 2.56. The van der Waals surface area contributed by atoms with Gasteiger partial charge in [0.1, 0.15) is 5.38 Å². The largest absolute Gasteiger partial charge is 0.359 e. The first-order chi connectivity index (χ1) is 8.49. The van der Waals surface area contributed by atoms with E-state index in [1.165, 1.54) is 6.42 Å². The van der Waals surface area contributed by atoms with Crippen LogP contribution in [0.25, 0.3) is 0 Å². The molecule has 0 radical (unpaired) electrons. The van der Waals surface area contributed by atoms with Gasteiger partial charge >= 0.3 is 0 Å². The summed E-state index contributed by atoms with van der Waals surface area (Å²) in [6, 6.07) is 0. The first-order valence-electron chi connectivity index (χ1n) is 6.61. The molecule has 1 aliphatic carbocycles. The maximum atomic E-state index is 11.6. The number of hydrogen-bond acceptors (Lipinski definition) is 2. The molecule has 0 bridgehead atoms. The zero-order valence-corrected chi connectivity index (χ0v) is 12.0. The molecule has 1 rings (SSSR count). The van der Waals surface area contributed by atoms with Gasteiger partial charge in [-0.1, -0.05) is 19.3 Å². The average Bonchev–Trinajstić information content (AvgIpc) is 2.36. The summed E-state index contributed by atoms with van der Waals surface area (Å²) in [6.07, 6.45) is 5.96. The molecule has 1 unspecified atom stereocenters. The Labute approximate surface area is 114 Å². The summed E-state index contributed by atoms with van der Waals surface area (Å²) in [5.74, 6) is -0.108. The highest BCUT2D eigenvalue weighted by Crippen LogP contribution is 2.38. The number of halogens is 1. The smallest absolute Gasteiger partial charge is 0.237 e. The number of carbonyl (C=O) groups is 2. The van der Waals surface area contributed by atoms with Crippen molar-refractivity contribution in [3.63, 3.8) is 0 Å². The molecule has 1 aliphatic rings. The Morgan fingerprint density at radius 3 is 2.39 bits per heavy atom. The number of carbonyl (C=O) groups excluding carboxylic acids is 2. The minimum absolute atomic E-state index is 0.0464. The van der Waals surface area contributed by atoms with Gasteiger partial charge in [0.15, 0.2) is 0 Å². The molecule has 18 heavy (non-hydrogen) atoms. The van der Waals surface area contributed by atoms with Crippen LogP contribution in [-0.2, 0) is 9.59 Å². The highest BCUT2D eigenvalue weighted by molar-refractivity contribution is 6.30. The van der Waals surface area contributed by atoms with Crippen LogP contribution in [0.3, 0.4) is 0 Å². The lowest BCUT2D eigenvalue weighted by atomic mass is 9.71. The van der Waals surface area contributed by atoms with Gasteiger partial charge in [0.25, 0.3) is 0 Å². The molecule has 0 aromatic carbocycles. The van der Waals surface area contributed by atoms with Crippen LogP contribution >= 0.6 is 11.6 Å². The van der Waals surface area contributed by atoms with Gasteiger partial charge in [-0.2, -0.15) is 0 Å². The minimum Gasteiger partial charge on any atom is -0.359 e. The van der Waals surface area contributed by atoms with Crippen LogP contribution in [0.2, 0.25) is 0 Å². The van der Waals surface area contributed by atoms with Crippen molar-refractivity contribution in [1.82, 2.24) is 10.6 Å². The molecule has 0 aromatic heterocycles. The van der Waals surface area contributed by atoms with E-state index in [-0.39, 0.29) is 17.2 Å². The van der Waals surface area contributed by atoms with Crippen molar-refractivity contribution in [3.8, 4) is 0 Å². The molecule has 104 valence electrons. The maximum Gasteiger partial charge on any atom is 0.237 e. The fraction of sp³-hybridized carbons (Fsp3) is 0.846. The second-order valence-corrected chi connectivity index (χ2v) is 5.90. The van der Waals surface area contributed by atoms with E-state index in [1.807, 2.05) is 0 Å². The van der Waals surface area contributed by atoms with E-state index < -0.39 is 5.38 Å². The monoisotopic (exact) mass is 274 g/mol. The average molecular weight is 275 g/mol. The highest BCUT2D eigenvalue weighted by Gasteiger charge is 2.34. The van der Waals surface area contributed by atoms with Crippen molar-refractivity contribution >= 4 is 23.4 Å². The Morgan fingerprint density at radius 1 is 1.28 bits per heavy atom. The van der Waals surface area contributed by atoms with E-state index in [9.17, 15) is 9.59 Å². The number of alkyl halides is 1. The van der Waals surface area contributed by atoms with Gasteiger partial charge in [0.2, 0.25) is 11.8 Å². The zero-order valence-electron chi connectivity index (χ0n) is 11.2. The van der Waals surface area contributed by atoms with E-state index in [0.29, 0.717) is 13.0 Å². The predicted octanol–water partition coefficient (Wildman–Crippen LogP) is 1.82. The Bertz CT molecular complexity index is 299. The van der Waals surface area contributed by atoms with Crippen molar-refractivity contribution in [1.29, 1.82) is 0 Å². The van der Waals surface area contributed by atoms with Gasteiger partial charge in [-0.3, -0.25) is 9.59 Å². The normalized spacial score (nSPS) is 19.9. The molecule has 1 atom stereocenters. The van der Waals surface area contributed by atoms with Crippen LogP contribution in [0.5, 0.6) is 0 Å². The Kier molecular flexibility index (Phi) is 5.93. The van der Waals surface area contributed by atoms with Gasteiger partial charge in [-0.15, -0.1) is 11.6 Å². The molecular formula is C13H23ClN2O2. The summed E-state index contributed by atoms with van der Waals surface area (Å²) in [6.45, 7) is 2.21. The molecule has 0 aliphatic heterocycles. The van der Waals surface area contributed by atoms with E-state index in [1.54, 1.807) is 14.0 Å². The Morgan fingerprint density at radius 2 is 1.89 bits per heavy atom. The Balaban J connectivity index is 2.59. The van der Waals surface area contributed by atoms with Crippen molar-refractivity contribution in [2.75, 3.05) is 13.6 Å². The minimum atomic E-state index is -0.523. The molecule has 0 spiro atoms. The highest BCUT2D eigenvalue weighted by atomic mass is 35.5. The van der Waals surface area contributed by atoms with Crippen molar-refractivity contribution in [3.05, 3.63) is 0 Å². The third-order valence-electron chi connectivity index (χ3n) is 3.73. The van der Waals surface area contributed by atoms with Crippen LogP contribution in [0, 0.1) is 5.41 Å². The zero-order chi connectivity index (χ0) is 13.6. The van der Waals surface area contributed by atoms with Crippen molar-refractivity contribution < 1.29 is 9.59 Å². The van der Waals surface area contributed by atoms with Gasteiger partial charge in [-0.05, 0) is 25.2 Å². The maximum absolute atomic E-state index is 11.6. The summed E-state index contributed by atoms with van der Waals surface area (Å²) in [4.78, 5) is 23.2. The van der Waals surface area contributed by atoms with E-state index >= 15 is 0 Å². The number of hydrogen-bond donors (Lipinski definition) is 2. The Hall–Kier alpha value is -0.770. The first kappa shape index (κ1) is 15.3. The van der Waals surface area contributed by atoms with E-state index in [0.717, 1.165) is 25.7 Å². The molecule has 0 saturated heterocycles. The molecular weight excluding hydrogens is 252 g/mol. The van der Waals surface area contributed by atoms with Crippen LogP contribution in [0.4, 0.5) is 0 Å². The summed E-state index contributed by atoms with van der Waals surface area (Å²) >= 11 is 5.73. The van der Waals surface area contributed by atoms with E-state index in [4.69, 9.17) is 11.6 Å². The molecule has 4 nitrogen and oxygen atoms in total. The van der Waals surface area contributed by atoms with Crippen molar-refractivity contribution in [2.45, 2.75) is 50.8 Å². The summed E-state index contributed by atoms with van der Waals surface area (Å²) < 4.78 is 0. The lowest BCUT2D eigenvalue weighted by molar-refractivity contribution is -0.125. The quantitative estimate of drug-likeness (QED) is 0.752. The molecule has 0 heterocycles. The molecule has 2 N–H and O–H groups in total. The summed E-state index contributed by atoms with van der Waals surface area (Å²) in [5.41, 5.74) is -0.0835.